The van der Waals surface area contributed by atoms with E-state index in [-0.39, 0.29) is 6.54 Å². The van der Waals surface area contributed by atoms with Crippen LogP contribution in [0, 0.1) is 5.82 Å². The third-order valence-electron chi connectivity index (χ3n) is 3.06. The van der Waals surface area contributed by atoms with Gasteiger partial charge in [0.05, 0.1) is 5.60 Å². The van der Waals surface area contributed by atoms with E-state index in [1.54, 1.807) is 0 Å². The predicted molar refractivity (Wildman–Crippen MR) is 68.1 cm³/mol. The summed E-state index contributed by atoms with van der Waals surface area (Å²) in [6.45, 7) is -0.0821. The van der Waals surface area contributed by atoms with Gasteiger partial charge >= 0.3 is 0 Å². The van der Waals surface area contributed by atoms with Crippen LogP contribution in [0.5, 0.6) is 0 Å². The Kier molecular flexibility index (Phi) is 3.77. The molecule has 18 heavy (non-hydrogen) atoms. The van der Waals surface area contributed by atoms with Crippen molar-refractivity contribution in [2.75, 3.05) is 6.54 Å². The molecular formula is C11H13BrFNO3S. The van der Waals surface area contributed by atoms with Crippen molar-refractivity contribution in [3.05, 3.63) is 28.5 Å². The number of hydrogen-bond donors (Lipinski definition) is 2. The fourth-order valence-corrected chi connectivity index (χ4v) is 3.49. The fraction of sp³-hybridized carbons (Fsp3) is 0.455. The predicted octanol–water partition coefficient (Wildman–Crippen LogP) is 1.78. The second-order valence-electron chi connectivity index (χ2n) is 4.48. The minimum absolute atomic E-state index is 0.0821. The summed E-state index contributed by atoms with van der Waals surface area (Å²) in [4.78, 5) is -0.417. The van der Waals surface area contributed by atoms with Gasteiger partial charge in [-0.15, -0.1) is 0 Å². The van der Waals surface area contributed by atoms with Gasteiger partial charge in [-0.2, -0.15) is 0 Å². The molecule has 0 atom stereocenters. The molecule has 0 spiro atoms. The lowest BCUT2D eigenvalue weighted by molar-refractivity contribution is -0.0271. The number of sulfonamides is 1. The van der Waals surface area contributed by atoms with Crippen LogP contribution in [-0.2, 0) is 10.0 Å². The normalized spacial score (nSPS) is 18.4. The minimum atomic E-state index is -3.94. The highest BCUT2D eigenvalue weighted by Crippen LogP contribution is 2.31. The molecule has 2 N–H and O–H groups in total. The molecule has 1 aliphatic carbocycles. The van der Waals surface area contributed by atoms with E-state index < -0.39 is 26.3 Å². The molecule has 1 aromatic rings. The van der Waals surface area contributed by atoms with Crippen LogP contribution in [0.1, 0.15) is 19.3 Å². The SMILES string of the molecule is O=S(=O)(NCC1(O)CCC1)c1cc(Br)ccc1F. The van der Waals surface area contributed by atoms with E-state index in [1.807, 2.05) is 0 Å². The molecule has 0 unspecified atom stereocenters. The van der Waals surface area contributed by atoms with Gasteiger partial charge < -0.3 is 5.11 Å². The van der Waals surface area contributed by atoms with Crippen LogP contribution >= 0.6 is 15.9 Å². The minimum Gasteiger partial charge on any atom is -0.389 e. The zero-order valence-corrected chi connectivity index (χ0v) is 11.9. The Bertz CT molecular complexity index is 557. The van der Waals surface area contributed by atoms with Crippen molar-refractivity contribution in [1.82, 2.24) is 4.72 Å². The Balaban J connectivity index is 2.17. The highest BCUT2D eigenvalue weighted by molar-refractivity contribution is 9.10. The van der Waals surface area contributed by atoms with Crippen LogP contribution in [0.25, 0.3) is 0 Å². The first kappa shape index (κ1) is 13.9. The van der Waals surface area contributed by atoms with Crippen molar-refractivity contribution in [2.45, 2.75) is 29.8 Å². The van der Waals surface area contributed by atoms with E-state index >= 15 is 0 Å². The average molecular weight is 338 g/mol. The molecule has 0 radical (unpaired) electrons. The van der Waals surface area contributed by atoms with Crippen molar-refractivity contribution >= 4 is 26.0 Å². The Labute approximate surface area is 113 Å². The van der Waals surface area contributed by atoms with Gasteiger partial charge in [0.1, 0.15) is 10.7 Å². The van der Waals surface area contributed by atoms with Crippen LogP contribution in [0.3, 0.4) is 0 Å². The monoisotopic (exact) mass is 337 g/mol. The van der Waals surface area contributed by atoms with E-state index in [2.05, 4.69) is 20.7 Å². The van der Waals surface area contributed by atoms with Gasteiger partial charge in [-0.1, -0.05) is 15.9 Å². The second-order valence-corrected chi connectivity index (χ2v) is 7.13. The number of benzene rings is 1. The van der Waals surface area contributed by atoms with Gasteiger partial charge in [0.2, 0.25) is 10.0 Å². The van der Waals surface area contributed by atoms with Crippen LogP contribution in [0.4, 0.5) is 4.39 Å². The second kappa shape index (κ2) is 4.88. The molecule has 1 fully saturated rings. The maximum absolute atomic E-state index is 13.5. The molecule has 1 saturated carbocycles. The summed E-state index contributed by atoms with van der Waals surface area (Å²) in [5, 5.41) is 9.81. The van der Waals surface area contributed by atoms with Crippen LogP contribution < -0.4 is 4.72 Å². The van der Waals surface area contributed by atoms with E-state index in [0.717, 1.165) is 12.5 Å². The van der Waals surface area contributed by atoms with Gasteiger partial charge in [-0.25, -0.2) is 17.5 Å². The zero-order valence-electron chi connectivity index (χ0n) is 9.49. The average Bonchev–Trinajstić information content (AvgIpc) is 2.27. The van der Waals surface area contributed by atoms with Gasteiger partial charge in [-0.3, -0.25) is 0 Å². The molecule has 0 bridgehead atoms. The van der Waals surface area contributed by atoms with Gasteiger partial charge in [0.25, 0.3) is 0 Å². The van der Waals surface area contributed by atoms with E-state index in [0.29, 0.717) is 17.3 Å². The fourth-order valence-electron chi connectivity index (χ4n) is 1.75. The van der Waals surface area contributed by atoms with Crippen LogP contribution in [0.15, 0.2) is 27.6 Å². The van der Waals surface area contributed by atoms with E-state index in [4.69, 9.17) is 0 Å². The van der Waals surface area contributed by atoms with Gasteiger partial charge in [0, 0.05) is 11.0 Å². The molecule has 7 heteroatoms. The van der Waals surface area contributed by atoms with E-state index in [1.165, 1.54) is 12.1 Å². The molecule has 0 aliphatic heterocycles. The molecule has 2 rings (SSSR count). The van der Waals surface area contributed by atoms with Gasteiger partial charge in [-0.05, 0) is 37.5 Å². The van der Waals surface area contributed by atoms with Crippen molar-refractivity contribution in [3.63, 3.8) is 0 Å². The summed E-state index contributed by atoms with van der Waals surface area (Å²) >= 11 is 3.10. The summed E-state index contributed by atoms with van der Waals surface area (Å²) in [6, 6.07) is 3.70. The molecule has 0 aromatic heterocycles. The molecule has 0 heterocycles. The number of nitrogens with one attached hydrogen (secondary N) is 1. The number of rotatable bonds is 4. The van der Waals surface area contributed by atoms with Crippen molar-refractivity contribution in [2.24, 2.45) is 0 Å². The van der Waals surface area contributed by atoms with Crippen molar-refractivity contribution in [1.29, 1.82) is 0 Å². The molecule has 0 amide bonds. The lowest BCUT2D eigenvalue weighted by atomic mass is 9.81. The molecule has 4 nitrogen and oxygen atoms in total. The van der Waals surface area contributed by atoms with Crippen LogP contribution in [-0.4, -0.2) is 25.7 Å². The zero-order chi connectivity index (χ0) is 13.4. The molecule has 0 saturated heterocycles. The van der Waals surface area contributed by atoms with Crippen molar-refractivity contribution < 1.29 is 17.9 Å². The smallest absolute Gasteiger partial charge is 0.243 e. The number of aliphatic hydroxyl groups is 1. The first-order valence-electron chi connectivity index (χ1n) is 5.50. The van der Waals surface area contributed by atoms with Crippen LogP contribution in [0.2, 0.25) is 0 Å². The molecule has 100 valence electrons. The summed E-state index contributed by atoms with van der Waals surface area (Å²) in [5.41, 5.74) is -0.977. The Morgan fingerprint density at radius 1 is 1.44 bits per heavy atom. The summed E-state index contributed by atoms with van der Waals surface area (Å²) < 4.78 is 40.0. The Morgan fingerprint density at radius 3 is 2.67 bits per heavy atom. The quantitative estimate of drug-likeness (QED) is 0.880. The summed E-state index contributed by atoms with van der Waals surface area (Å²) in [7, 11) is -3.94. The number of hydrogen-bond acceptors (Lipinski definition) is 3. The Morgan fingerprint density at radius 2 is 2.11 bits per heavy atom. The molecule has 1 aromatic carbocycles. The first-order valence-corrected chi connectivity index (χ1v) is 7.77. The lowest BCUT2D eigenvalue weighted by Gasteiger charge is -2.36. The topological polar surface area (TPSA) is 66.4 Å². The molecule has 1 aliphatic rings. The first-order chi connectivity index (χ1) is 8.32. The lowest BCUT2D eigenvalue weighted by Crippen LogP contribution is -2.47. The third kappa shape index (κ3) is 2.90. The maximum atomic E-state index is 13.5. The highest BCUT2D eigenvalue weighted by atomic mass is 79.9. The standard InChI is InChI=1S/C11H13BrFNO3S/c12-8-2-3-9(13)10(6-8)18(16,17)14-7-11(15)4-1-5-11/h2-3,6,14-15H,1,4-5,7H2. The van der Waals surface area contributed by atoms with Gasteiger partial charge in [0.15, 0.2) is 0 Å². The summed E-state index contributed by atoms with van der Waals surface area (Å²) in [5.74, 6) is -0.814. The largest absolute Gasteiger partial charge is 0.389 e. The summed E-state index contributed by atoms with van der Waals surface area (Å²) in [6.07, 6.45) is 2.01. The highest BCUT2D eigenvalue weighted by Gasteiger charge is 2.35. The third-order valence-corrected chi connectivity index (χ3v) is 4.97. The number of halogens is 2. The molecular weight excluding hydrogens is 325 g/mol. The van der Waals surface area contributed by atoms with E-state index in [9.17, 15) is 17.9 Å². The van der Waals surface area contributed by atoms with Crippen molar-refractivity contribution in [3.8, 4) is 0 Å². The Hall–Kier alpha value is -0.500. The maximum Gasteiger partial charge on any atom is 0.243 e.